The Morgan fingerprint density at radius 3 is 2.33 bits per heavy atom. The van der Waals surface area contributed by atoms with Crippen LogP contribution in [0.1, 0.15) is 49.4 Å². The van der Waals surface area contributed by atoms with Crippen molar-refractivity contribution in [3.63, 3.8) is 0 Å². The summed E-state index contributed by atoms with van der Waals surface area (Å²) >= 11 is 0. The van der Waals surface area contributed by atoms with E-state index in [1.165, 1.54) is 12.1 Å². The van der Waals surface area contributed by atoms with Crippen LogP contribution in [0.5, 0.6) is 0 Å². The van der Waals surface area contributed by atoms with Gasteiger partial charge in [0, 0.05) is 16.9 Å². The molecule has 2 amide bonds. The van der Waals surface area contributed by atoms with Crippen LogP contribution in [0.2, 0.25) is 0 Å². The lowest BCUT2D eigenvalue weighted by Crippen LogP contribution is -2.15. The topological polar surface area (TPSA) is 114 Å². The third-order valence-corrected chi connectivity index (χ3v) is 3.57. The first-order chi connectivity index (χ1) is 11.3. The van der Waals surface area contributed by atoms with E-state index in [0.717, 1.165) is 0 Å². The van der Waals surface area contributed by atoms with E-state index in [2.05, 4.69) is 10.3 Å². The molecule has 2 aromatic rings. The Morgan fingerprint density at radius 2 is 1.79 bits per heavy atom. The molecule has 0 aliphatic carbocycles. The Balaban J connectivity index is 2.23. The van der Waals surface area contributed by atoms with Crippen molar-refractivity contribution < 1.29 is 19.1 Å². The van der Waals surface area contributed by atoms with Gasteiger partial charge in [0.15, 0.2) is 0 Å². The van der Waals surface area contributed by atoms with Gasteiger partial charge in [-0.15, -0.1) is 0 Å². The van der Waals surface area contributed by atoms with Crippen LogP contribution in [0.15, 0.2) is 24.3 Å². The van der Waals surface area contributed by atoms with Crippen LogP contribution in [0.4, 0.5) is 5.69 Å². The normalized spacial score (nSPS) is 10.3. The number of nitrogens with two attached hydrogens (primary N) is 1. The number of rotatable bonds is 5. The molecule has 4 N–H and O–H groups in total. The fourth-order valence-electron chi connectivity index (χ4n) is 2.41. The molecule has 24 heavy (non-hydrogen) atoms. The molecule has 2 rings (SSSR count). The molecule has 0 fully saturated rings. The van der Waals surface area contributed by atoms with Gasteiger partial charge in [-0.25, -0.2) is 4.79 Å². The van der Waals surface area contributed by atoms with Gasteiger partial charge >= 0.3 is 5.97 Å². The molecular weight excluding hydrogens is 310 g/mol. The summed E-state index contributed by atoms with van der Waals surface area (Å²) in [5.74, 6) is -1.39. The number of aromatic amines is 1. The van der Waals surface area contributed by atoms with E-state index in [9.17, 15) is 14.4 Å². The maximum atomic E-state index is 12.5. The first-order valence-corrected chi connectivity index (χ1v) is 7.42. The minimum absolute atomic E-state index is 0.254. The number of aryl methyl sites for hydroxylation is 1. The van der Waals surface area contributed by atoms with Crippen LogP contribution in [-0.2, 0) is 4.74 Å². The molecule has 126 valence electrons. The van der Waals surface area contributed by atoms with Crippen molar-refractivity contribution in [3.8, 4) is 0 Å². The standard InChI is InChI=1S/C17H19N3O4/c1-4-24-17(23)14-9(2)13(10(3)19-14)16(22)20-12-7-5-11(6-8-12)15(18)21/h5-8,19H,4H2,1-3H3,(H2,18,21)(H,20,22). The molecule has 0 aliphatic rings. The summed E-state index contributed by atoms with van der Waals surface area (Å²) in [6.45, 7) is 5.36. The molecule has 0 spiro atoms. The highest BCUT2D eigenvalue weighted by molar-refractivity contribution is 6.08. The zero-order valence-corrected chi connectivity index (χ0v) is 13.7. The number of carbonyl (C=O) groups excluding carboxylic acids is 3. The molecule has 1 heterocycles. The van der Waals surface area contributed by atoms with E-state index < -0.39 is 11.9 Å². The average molecular weight is 329 g/mol. The summed E-state index contributed by atoms with van der Waals surface area (Å²) in [4.78, 5) is 38.3. The van der Waals surface area contributed by atoms with Gasteiger partial charge in [0.2, 0.25) is 5.91 Å². The Kier molecular flexibility index (Phi) is 5.03. The number of nitrogens with one attached hydrogen (secondary N) is 2. The van der Waals surface area contributed by atoms with E-state index >= 15 is 0 Å². The van der Waals surface area contributed by atoms with Crippen molar-refractivity contribution >= 4 is 23.5 Å². The minimum atomic E-state index is -0.538. The van der Waals surface area contributed by atoms with Crippen LogP contribution >= 0.6 is 0 Å². The van der Waals surface area contributed by atoms with Gasteiger partial charge in [0.1, 0.15) is 5.69 Å². The van der Waals surface area contributed by atoms with Gasteiger partial charge < -0.3 is 20.8 Å². The summed E-state index contributed by atoms with van der Waals surface area (Å²) in [5, 5.41) is 2.73. The van der Waals surface area contributed by atoms with Crippen LogP contribution in [0.3, 0.4) is 0 Å². The average Bonchev–Trinajstić information content (AvgIpc) is 2.83. The predicted octanol–water partition coefficient (Wildman–Crippen LogP) is 2.16. The first-order valence-electron chi connectivity index (χ1n) is 7.42. The lowest BCUT2D eigenvalue weighted by molar-refractivity contribution is 0.0519. The predicted molar refractivity (Wildman–Crippen MR) is 89.1 cm³/mol. The van der Waals surface area contributed by atoms with Crippen LogP contribution in [-0.4, -0.2) is 29.4 Å². The maximum absolute atomic E-state index is 12.5. The molecule has 0 radical (unpaired) electrons. The molecule has 7 heteroatoms. The second kappa shape index (κ2) is 6.99. The Morgan fingerprint density at radius 1 is 1.17 bits per heavy atom. The Hall–Kier alpha value is -3.09. The van der Waals surface area contributed by atoms with E-state index in [4.69, 9.17) is 10.5 Å². The highest BCUT2D eigenvalue weighted by atomic mass is 16.5. The molecular formula is C17H19N3O4. The van der Waals surface area contributed by atoms with Crippen molar-refractivity contribution in [1.82, 2.24) is 4.98 Å². The number of H-pyrrole nitrogens is 1. The van der Waals surface area contributed by atoms with Gasteiger partial charge in [-0.05, 0) is 50.6 Å². The molecule has 1 aromatic heterocycles. The number of carbonyl (C=O) groups is 3. The van der Waals surface area contributed by atoms with Gasteiger partial charge in [0.25, 0.3) is 5.91 Å². The maximum Gasteiger partial charge on any atom is 0.355 e. The summed E-state index contributed by atoms with van der Waals surface area (Å²) in [6, 6.07) is 6.22. The quantitative estimate of drug-likeness (QED) is 0.729. The zero-order valence-electron chi connectivity index (χ0n) is 13.7. The number of anilines is 1. The molecule has 0 saturated carbocycles. The molecule has 0 saturated heterocycles. The number of amides is 2. The van der Waals surface area contributed by atoms with Crippen LogP contribution in [0, 0.1) is 13.8 Å². The third-order valence-electron chi connectivity index (χ3n) is 3.57. The van der Waals surface area contributed by atoms with Gasteiger partial charge in [-0.3, -0.25) is 9.59 Å². The summed E-state index contributed by atoms with van der Waals surface area (Å²) in [6.07, 6.45) is 0. The molecule has 0 bridgehead atoms. The van der Waals surface area contributed by atoms with Crippen molar-refractivity contribution in [2.75, 3.05) is 11.9 Å². The Labute approximate surface area is 139 Å². The molecule has 0 unspecified atom stereocenters. The lowest BCUT2D eigenvalue weighted by Gasteiger charge is -2.07. The number of hydrogen-bond acceptors (Lipinski definition) is 4. The molecule has 1 aromatic carbocycles. The first kappa shape index (κ1) is 17.3. The van der Waals surface area contributed by atoms with Crippen molar-refractivity contribution in [1.29, 1.82) is 0 Å². The Bertz CT molecular complexity index is 791. The summed E-state index contributed by atoms with van der Waals surface area (Å²) in [7, 11) is 0. The fraction of sp³-hybridized carbons (Fsp3) is 0.235. The second-order valence-corrected chi connectivity index (χ2v) is 5.24. The molecule has 0 atom stereocenters. The summed E-state index contributed by atoms with van der Waals surface area (Å²) < 4.78 is 4.97. The zero-order chi connectivity index (χ0) is 17.9. The highest BCUT2D eigenvalue weighted by Gasteiger charge is 2.22. The number of ether oxygens (including phenoxy) is 1. The van der Waals surface area contributed by atoms with Gasteiger partial charge in [0.05, 0.1) is 12.2 Å². The van der Waals surface area contributed by atoms with Crippen molar-refractivity contribution in [2.45, 2.75) is 20.8 Å². The number of esters is 1. The van der Waals surface area contributed by atoms with Crippen LogP contribution < -0.4 is 11.1 Å². The number of primary amides is 1. The third kappa shape index (κ3) is 3.45. The highest BCUT2D eigenvalue weighted by Crippen LogP contribution is 2.20. The van der Waals surface area contributed by atoms with E-state index in [-0.39, 0.29) is 18.2 Å². The largest absolute Gasteiger partial charge is 0.461 e. The smallest absolute Gasteiger partial charge is 0.355 e. The van der Waals surface area contributed by atoms with Crippen molar-refractivity contribution in [2.24, 2.45) is 5.73 Å². The van der Waals surface area contributed by atoms with E-state index in [0.29, 0.717) is 28.1 Å². The van der Waals surface area contributed by atoms with Gasteiger partial charge in [-0.2, -0.15) is 0 Å². The van der Waals surface area contributed by atoms with E-state index in [1.54, 1.807) is 32.9 Å². The monoisotopic (exact) mass is 329 g/mol. The molecule has 7 nitrogen and oxygen atoms in total. The second-order valence-electron chi connectivity index (χ2n) is 5.24. The lowest BCUT2D eigenvalue weighted by atomic mass is 10.1. The number of benzene rings is 1. The number of hydrogen-bond donors (Lipinski definition) is 3. The molecule has 0 aliphatic heterocycles. The van der Waals surface area contributed by atoms with Crippen molar-refractivity contribution in [3.05, 3.63) is 52.3 Å². The summed E-state index contributed by atoms with van der Waals surface area (Å²) in [5.41, 5.74) is 7.80. The number of aromatic nitrogens is 1. The minimum Gasteiger partial charge on any atom is -0.461 e. The van der Waals surface area contributed by atoms with Crippen LogP contribution in [0.25, 0.3) is 0 Å². The fourth-order valence-corrected chi connectivity index (χ4v) is 2.41. The SMILES string of the molecule is CCOC(=O)c1[nH]c(C)c(C(=O)Nc2ccc(C(N)=O)cc2)c1C. The van der Waals surface area contributed by atoms with Gasteiger partial charge in [-0.1, -0.05) is 0 Å². The van der Waals surface area contributed by atoms with E-state index in [1.807, 2.05) is 0 Å².